The molecule has 2 amide bonds. The lowest BCUT2D eigenvalue weighted by Gasteiger charge is -2.36. The van der Waals surface area contributed by atoms with E-state index in [1.807, 2.05) is 47.4 Å². The first-order valence-corrected chi connectivity index (χ1v) is 10.5. The molecule has 0 atom stereocenters. The fraction of sp³-hybridized carbons (Fsp3) is 0.333. The molecule has 0 aliphatic carbocycles. The van der Waals surface area contributed by atoms with Crippen LogP contribution in [0.1, 0.15) is 13.8 Å². The van der Waals surface area contributed by atoms with Crippen molar-refractivity contribution in [3.05, 3.63) is 71.1 Å². The summed E-state index contributed by atoms with van der Waals surface area (Å²) < 4.78 is 1.70. The summed E-state index contributed by atoms with van der Waals surface area (Å²) in [5.41, 5.74) is 1.85. The number of carbonyl (C=O) groups is 1. The molecule has 4 rings (SSSR count). The lowest BCUT2D eigenvalue weighted by Crippen LogP contribution is -2.50. The minimum Gasteiger partial charge on any atom is -0.368 e. The standard InChI is InChI=1S/C24H28N4O2/c1-18(2)16-28-17-22(20-10-6-7-11-21(20)23(28)29)25-24(30)27-14-12-26(13-15-27)19-8-4-3-5-9-19/h3-11,17-18H,12-16H2,1-2H3,(H,25,30). The Morgan fingerprint density at radius 3 is 2.23 bits per heavy atom. The minimum absolute atomic E-state index is 0.0197. The number of piperazine rings is 1. The van der Waals surface area contributed by atoms with Gasteiger partial charge in [-0.3, -0.25) is 4.79 Å². The summed E-state index contributed by atoms with van der Waals surface area (Å²) in [6.45, 7) is 7.67. The highest BCUT2D eigenvalue weighted by atomic mass is 16.2. The van der Waals surface area contributed by atoms with Gasteiger partial charge in [-0.15, -0.1) is 0 Å². The molecule has 1 fully saturated rings. The van der Waals surface area contributed by atoms with Crippen molar-refractivity contribution in [1.29, 1.82) is 0 Å². The molecular weight excluding hydrogens is 376 g/mol. The highest BCUT2D eigenvalue weighted by molar-refractivity contribution is 6.01. The molecule has 0 bridgehead atoms. The number of amides is 2. The fourth-order valence-corrected chi connectivity index (χ4v) is 3.97. The van der Waals surface area contributed by atoms with Crippen LogP contribution in [0.5, 0.6) is 0 Å². The van der Waals surface area contributed by atoms with Crippen LogP contribution in [-0.4, -0.2) is 41.7 Å². The largest absolute Gasteiger partial charge is 0.368 e. The summed E-state index contributed by atoms with van der Waals surface area (Å²) >= 11 is 0. The molecule has 30 heavy (non-hydrogen) atoms. The van der Waals surface area contributed by atoms with E-state index in [2.05, 4.69) is 36.2 Å². The predicted molar refractivity (Wildman–Crippen MR) is 122 cm³/mol. The Bertz CT molecular complexity index is 1080. The van der Waals surface area contributed by atoms with Gasteiger partial charge in [-0.2, -0.15) is 0 Å². The maximum atomic E-state index is 13.0. The first-order chi connectivity index (χ1) is 14.5. The first kappa shape index (κ1) is 20.0. The third kappa shape index (κ3) is 4.17. The molecular formula is C24H28N4O2. The molecule has 6 heteroatoms. The van der Waals surface area contributed by atoms with Crippen molar-refractivity contribution in [3.63, 3.8) is 0 Å². The van der Waals surface area contributed by atoms with Crippen molar-refractivity contribution >= 4 is 28.2 Å². The van der Waals surface area contributed by atoms with Gasteiger partial charge in [0.25, 0.3) is 5.56 Å². The molecule has 1 aliphatic heterocycles. The second-order valence-electron chi connectivity index (χ2n) is 8.18. The number of anilines is 2. The zero-order chi connectivity index (χ0) is 21.1. The number of hydrogen-bond acceptors (Lipinski definition) is 3. The Labute approximate surface area is 176 Å². The van der Waals surface area contributed by atoms with Gasteiger partial charge in [0.1, 0.15) is 0 Å². The number of benzene rings is 2. The van der Waals surface area contributed by atoms with E-state index in [1.54, 1.807) is 10.8 Å². The number of carbonyl (C=O) groups excluding carboxylic acids is 1. The Hall–Kier alpha value is -3.28. The normalized spacial score (nSPS) is 14.4. The van der Waals surface area contributed by atoms with E-state index in [1.165, 1.54) is 5.69 Å². The molecule has 2 heterocycles. The van der Waals surface area contributed by atoms with Crippen LogP contribution in [0.3, 0.4) is 0 Å². The topological polar surface area (TPSA) is 57.6 Å². The molecule has 0 radical (unpaired) electrons. The van der Waals surface area contributed by atoms with Gasteiger partial charge in [0.15, 0.2) is 0 Å². The summed E-state index contributed by atoms with van der Waals surface area (Å²) in [6.07, 6.45) is 1.78. The molecule has 0 spiro atoms. The van der Waals surface area contributed by atoms with E-state index in [0.29, 0.717) is 36.6 Å². The van der Waals surface area contributed by atoms with Crippen molar-refractivity contribution in [2.75, 3.05) is 36.4 Å². The number of para-hydroxylation sites is 1. The Morgan fingerprint density at radius 2 is 1.57 bits per heavy atom. The van der Waals surface area contributed by atoms with Crippen molar-refractivity contribution in [1.82, 2.24) is 9.47 Å². The van der Waals surface area contributed by atoms with E-state index < -0.39 is 0 Å². The van der Waals surface area contributed by atoms with Gasteiger partial charge in [0.05, 0.1) is 5.69 Å². The van der Waals surface area contributed by atoms with Gasteiger partial charge < -0.3 is 19.7 Å². The van der Waals surface area contributed by atoms with Crippen LogP contribution < -0.4 is 15.8 Å². The van der Waals surface area contributed by atoms with Crippen LogP contribution in [0.25, 0.3) is 10.8 Å². The fourth-order valence-electron chi connectivity index (χ4n) is 3.97. The number of aromatic nitrogens is 1. The van der Waals surface area contributed by atoms with Gasteiger partial charge in [-0.1, -0.05) is 50.2 Å². The smallest absolute Gasteiger partial charge is 0.322 e. The van der Waals surface area contributed by atoms with E-state index in [-0.39, 0.29) is 11.6 Å². The average Bonchev–Trinajstić information content (AvgIpc) is 2.77. The summed E-state index contributed by atoms with van der Waals surface area (Å²) in [5.74, 6) is 0.332. The number of pyridine rings is 1. The van der Waals surface area contributed by atoms with Crippen molar-refractivity contribution in [2.45, 2.75) is 20.4 Å². The van der Waals surface area contributed by atoms with Crippen molar-refractivity contribution in [3.8, 4) is 0 Å². The summed E-state index contributed by atoms with van der Waals surface area (Å²) in [4.78, 5) is 29.9. The molecule has 2 aromatic carbocycles. The third-order valence-corrected chi connectivity index (χ3v) is 5.49. The zero-order valence-electron chi connectivity index (χ0n) is 17.5. The van der Waals surface area contributed by atoms with Gasteiger partial charge in [0, 0.05) is 55.4 Å². The van der Waals surface area contributed by atoms with Gasteiger partial charge in [0.2, 0.25) is 0 Å². The SMILES string of the molecule is CC(C)Cn1cc(NC(=O)N2CCN(c3ccccc3)CC2)c2ccccc2c1=O. The number of fused-ring (bicyclic) bond motifs is 1. The maximum Gasteiger partial charge on any atom is 0.322 e. The highest BCUT2D eigenvalue weighted by Crippen LogP contribution is 2.22. The Kier molecular flexibility index (Phi) is 5.74. The van der Waals surface area contributed by atoms with E-state index in [4.69, 9.17) is 0 Å². The summed E-state index contributed by atoms with van der Waals surface area (Å²) in [5, 5.41) is 4.46. The predicted octanol–water partition coefficient (Wildman–Crippen LogP) is 4.01. The van der Waals surface area contributed by atoms with Crippen molar-refractivity contribution in [2.24, 2.45) is 5.92 Å². The van der Waals surface area contributed by atoms with E-state index >= 15 is 0 Å². The Morgan fingerprint density at radius 1 is 0.933 bits per heavy atom. The quantitative estimate of drug-likeness (QED) is 0.715. The maximum absolute atomic E-state index is 13.0. The lowest BCUT2D eigenvalue weighted by molar-refractivity contribution is 0.208. The molecule has 3 aromatic rings. The number of rotatable bonds is 4. The molecule has 0 saturated carbocycles. The number of nitrogens with one attached hydrogen (secondary N) is 1. The number of hydrogen-bond donors (Lipinski definition) is 1. The molecule has 156 valence electrons. The Balaban J connectivity index is 1.52. The van der Waals surface area contributed by atoms with Gasteiger partial charge >= 0.3 is 6.03 Å². The molecule has 0 unspecified atom stereocenters. The average molecular weight is 405 g/mol. The number of urea groups is 1. The highest BCUT2D eigenvalue weighted by Gasteiger charge is 2.22. The molecule has 1 aromatic heterocycles. The monoisotopic (exact) mass is 404 g/mol. The molecule has 6 nitrogen and oxygen atoms in total. The zero-order valence-corrected chi connectivity index (χ0v) is 17.5. The van der Waals surface area contributed by atoms with Crippen LogP contribution in [0.15, 0.2) is 65.6 Å². The molecule has 1 saturated heterocycles. The van der Waals surface area contributed by atoms with E-state index in [9.17, 15) is 9.59 Å². The van der Waals surface area contributed by atoms with Crippen LogP contribution in [0.2, 0.25) is 0 Å². The summed E-state index contributed by atoms with van der Waals surface area (Å²) in [7, 11) is 0. The second kappa shape index (κ2) is 8.61. The van der Waals surface area contributed by atoms with Gasteiger partial charge in [-0.25, -0.2) is 4.79 Å². The van der Waals surface area contributed by atoms with Crippen LogP contribution in [0, 0.1) is 5.92 Å². The van der Waals surface area contributed by atoms with E-state index in [0.717, 1.165) is 18.5 Å². The number of nitrogens with zero attached hydrogens (tertiary/aromatic N) is 3. The summed E-state index contributed by atoms with van der Waals surface area (Å²) in [6, 6.07) is 17.6. The van der Waals surface area contributed by atoms with Crippen molar-refractivity contribution < 1.29 is 4.79 Å². The molecule has 1 aliphatic rings. The second-order valence-corrected chi connectivity index (χ2v) is 8.18. The lowest BCUT2D eigenvalue weighted by atomic mass is 10.1. The molecule has 1 N–H and O–H groups in total. The van der Waals surface area contributed by atoms with Crippen LogP contribution in [0.4, 0.5) is 16.2 Å². The minimum atomic E-state index is -0.123. The van der Waals surface area contributed by atoms with Gasteiger partial charge in [-0.05, 0) is 24.1 Å². The first-order valence-electron chi connectivity index (χ1n) is 10.5. The third-order valence-electron chi connectivity index (χ3n) is 5.49. The van der Waals surface area contributed by atoms with Crippen LogP contribution >= 0.6 is 0 Å². The van der Waals surface area contributed by atoms with Crippen LogP contribution in [-0.2, 0) is 6.54 Å².